The minimum absolute atomic E-state index is 0.628. The monoisotopic (exact) mass is 298 g/mol. The van der Waals surface area contributed by atoms with Gasteiger partial charge in [-0.3, -0.25) is 0 Å². The zero-order chi connectivity index (χ0) is 15.6. The number of hydrogen-bond acceptors (Lipinski definition) is 0. The number of alkyl halides is 3. The van der Waals surface area contributed by atoms with Gasteiger partial charge in [-0.05, 0) is 34.4 Å². The van der Waals surface area contributed by atoms with Crippen LogP contribution in [-0.4, -0.2) is 0 Å². The fraction of sp³-hybridized carbons (Fsp3) is 0.0526. The van der Waals surface area contributed by atoms with Crippen molar-refractivity contribution in [3.05, 3.63) is 84.4 Å². The van der Waals surface area contributed by atoms with E-state index in [0.717, 1.165) is 34.4 Å². The lowest BCUT2D eigenvalue weighted by atomic mass is 9.99. The molecular formula is C19H13F3. The van der Waals surface area contributed by atoms with Crippen LogP contribution in [0, 0.1) is 0 Å². The van der Waals surface area contributed by atoms with Crippen molar-refractivity contribution in [2.24, 2.45) is 0 Å². The molecule has 3 heteroatoms. The van der Waals surface area contributed by atoms with Crippen LogP contribution in [0.5, 0.6) is 0 Å². The van der Waals surface area contributed by atoms with Crippen molar-refractivity contribution in [2.45, 2.75) is 6.18 Å². The van der Waals surface area contributed by atoms with Crippen molar-refractivity contribution in [3.8, 4) is 22.3 Å². The highest BCUT2D eigenvalue weighted by Gasteiger charge is 2.29. The van der Waals surface area contributed by atoms with Crippen molar-refractivity contribution in [1.82, 2.24) is 0 Å². The van der Waals surface area contributed by atoms with Crippen LogP contribution < -0.4 is 0 Å². The summed E-state index contributed by atoms with van der Waals surface area (Å²) in [6.07, 6.45) is -4.30. The molecule has 0 unspecified atom stereocenters. The first-order valence-corrected chi connectivity index (χ1v) is 6.87. The van der Waals surface area contributed by atoms with Crippen molar-refractivity contribution in [3.63, 3.8) is 0 Å². The Hall–Kier alpha value is -2.55. The molecule has 0 saturated heterocycles. The average Bonchev–Trinajstić information content (AvgIpc) is 2.55. The predicted molar refractivity (Wildman–Crippen MR) is 82.3 cm³/mol. The normalized spacial score (nSPS) is 11.4. The molecule has 0 aliphatic carbocycles. The van der Waals surface area contributed by atoms with E-state index in [4.69, 9.17) is 0 Å². The molecule has 0 heterocycles. The van der Waals surface area contributed by atoms with Crippen LogP contribution in [0.15, 0.2) is 78.9 Å². The van der Waals surface area contributed by atoms with Crippen LogP contribution in [0.2, 0.25) is 0 Å². The van der Waals surface area contributed by atoms with Gasteiger partial charge in [-0.2, -0.15) is 13.2 Å². The molecule has 0 bridgehead atoms. The summed E-state index contributed by atoms with van der Waals surface area (Å²) in [5, 5.41) is 0. The number of rotatable bonds is 2. The number of benzene rings is 3. The van der Waals surface area contributed by atoms with E-state index in [2.05, 4.69) is 0 Å². The van der Waals surface area contributed by atoms with Crippen LogP contribution in [-0.2, 0) is 6.18 Å². The Morgan fingerprint density at radius 2 is 0.818 bits per heavy atom. The molecule has 0 aromatic heterocycles. The van der Waals surface area contributed by atoms with Gasteiger partial charge in [-0.15, -0.1) is 0 Å². The predicted octanol–water partition coefficient (Wildman–Crippen LogP) is 6.04. The van der Waals surface area contributed by atoms with Gasteiger partial charge in [0, 0.05) is 0 Å². The largest absolute Gasteiger partial charge is 0.416 e. The summed E-state index contributed by atoms with van der Waals surface area (Å²) in [6.45, 7) is 0. The standard InChI is InChI=1S/C19H13F3/c20-19(21,22)18-12-10-17(11-13-18)16-8-6-15(7-9-16)14-4-2-1-3-5-14/h1-13H. The van der Waals surface area contributed by atoms with E-state index >= 15 is 0 Å². The van der Waals surface area contributed by atoms with Crippen molar-refractivity contribution in [2.75, 3.05) is 0 Å². The number of halogens is 3. The summed E-state index contributed by atoms with van der Waals surface area (Å²) in [4.78, 5) is 0. The molecular weight excluding hydrogens is 285 g/mol. The minimum atomic E-state index is -4.30. The van der Waals surface area contributed by atoms with E-state index in [1.54, 1.807) is 0 Å². The summed E-state index contributed by atoms with van der Waals surface area (Å²) in [5.41, 5.74) is 3.23. The van der Waals surface area contributed by atoms with Crippen LogP contribution in [0.3, 0.4) is 0 Å². The third-order valence-corrected chi connectivity index (χ3v) is 3.54. The van der Waals surface area contributed by atoms with Gasteiger partial charge in [-0.1, -0.05) is 66.7 Å². The fourth-order valence-corrected chi connectivity index (χ4v) is 2.34. The maximum Gasteiger partial charge on any atom is 0.416 e. The summed E-state index contributed by atoms with van der Waals surface area (Å²) < 4.78 is 37.7. The van der Waals surface area contributed by atoms with E-state index in [1.165, 1.54) is 12.1 Å². The zero-order valence-electron chi connectivity index (χ0n) is 11.6. The maximum atomic E-state index is 12.6. The van der Waals surface area contributed by atoms with Gasteiger partial charge in [0.15, 0.2) is 0 Å². The first-order chi connectivity index (χ1) is 10.5. The Bertz CT molecular complexity index is 739. The molecule has 22 heavy (non-hydrogen) atoms. The highest BCUT2D eigenvalue weighted by Crippen LogP contribution is 2.31. The smallest absolute Gasteiger partial charge is 0.166 e. The third kappa shape index (κ3) is 3.03. The first-order valence-electron chi connectivity index (χ1n) is 6.87. The Labute approximate surface area is 126 Å². The molecule has 3 aromatic carbocycles. The molecule has 0 aliphatic heterocycles. The summed E-state index contributed by atoms with van der Waals surface area (Å²) >= 11 is 0. The molecule has 0 N–H and O–H groups in total. The average molecular weight is 298 g/mol. The van der Waals surface area contributed by atoms with E-state index in [0.29, 0.717) is 0 Å². The lowest BCUT2D eigenvalue weighted by Gasteiger charge is -2.08. The highest BCUT2D eigenvalue weighted by atomic mass is 19.4. The first kappa shape index (κ1) is 14.4. The molecule has 3 rings (SSSR count). The van der Waals surface area contributed by atoms with E-state index < -0.39 is 11.7 Å². The molecule has 0 fully saturated rings. The SMILES string of the molecule is FC(F)(F)c1ccc(-c2ccc(-c3ccccc3)cc2)cc1. The van der Waals surface area contributed by atoms with Gasteiger partial charge in [0.2, 0.25) is 0 Å². The fourth-order valence-electron chi connectivity index (χ4n) is 2.34. The molecule has 0 atom stereocenters. The van der Waals surface area contributed by atoms with E-state index in [-0.39, 0.29) is 0 Å². The van der Waals surface area contributed by atoms with Gasteiger partial charge in [-0.25, -0.2) is 0 Å². The maximum absolute atomic E-state index is 12.6. The molecule has 0 spiro atoms. The minimum Gasteiger partial charge on any atom is -0.166 e. The quantitative estimate of drug-likeness (QED) is 0.541. The summed E-state index contributed by atoms with van der Waals surface area (Å²) in [5.74, 6) is 0. The van der Waals surface area contributed by atoms with E-state index in [9.17, 15) is 13.2 Å². The summed E-state index contributed by atoms with van der Waals surface area (Å²) in [7, 11) is 0. The van der Waals surface area contributed by atoms with Crippen molar-refractivity contribution < 1.29 is 13.2 Å². The Morgan fingerprint density at radius 3 is 1.23 bits per heavy atom. The van der Waals surface area contributed by atoms with Crippen LogP contribution in [0.25, 0.3) is 22.3 Å². The Morgan fingerprint density at radius 1 is 0.455 bits per heavy atom. The zero-order valence-corrected chi connectivity index (χ0v) is 11.6. The molecule has 0 aliphatic rings. The van der Waals surface area contributed by atoms with Crippen LogP contribution >= 0.6 is 0 Å². The van der Waals surface area contributed by atoms with Gasteiger partial charge in [0.05, 0.1) is 5.56 Å². The lowest BCUT2D eigenvalue weighted by Crippen LogP contribution is -2.03. The third-order valence-electron chi connectivity index (χ3n) is 3.54. The van der Waals surface area contributed by atoms with Gasteiger partial charge in [0.25, 0.3) is 0 Å². The topological polar surface area (TPSA) is 0 Å². The Kier molecular flexibility index (Phi) is 3.72. The molecule has 0 nitrogen and oxygen atoms in total. The molecule has 0 saturated carbocycles. The van der Waals surface area contributed by atoms with Gasteiger partial charge >= 0.3 is 6.18 Å². The van der Waals surface area contributed by atoms with Gasteiger partial charge < -0.3 is 0 Å². The van der Waals surface area contributed by atoms with Crippen molar-refractivity contribution >= 4 is 0 Å². The lowest BCUT2D eigenvalue weighted by molar-refractivity contribution is -0.137. The second kappa shape index (κ2) is 5.68. The highest BCUT2D eigenvalue weighted by molar-refractivity contribution is 5.70. The van der Waals surface area contributed by atoms with Gasteiger partial charge in [0.1, 0.15) is 0 Å². The molecule has 0 radical (unpaired) electrons. The Balaban J connectivity index is 1.87. The van der Waals surface area contributed by atoms with Crippen LogP contribution in [0.4, 0.5) is 13.2 Å². The van der Waals surface area contributed by atoms with Crippen LogP contribution in [0.1, 0.15) is 5.56 Å². The second-order valence-electron chi connectivity index (χ2n) is 5.02. The molecule has 110 valence electrons. The van der Waals surface area contributed by atoms with Crippen molar-refractivity contribution in [1.29, 1.82) is 0 Å². The van der Waals surface area contributed by atoms with E-state index in [1.807, 2.05) is 54.6 Å². The summed E-state index contributed by atoms with van der Waals surface area (Å²) in [6, 6.07) is 23.0. The molecule has 3 aromatic rings. The second-order valence-corrected chi connectivity index (χ2v) is 5.02. The number of hydrogen-bond donors (Lipinski definition) is 0. The molecule has 0 amide bonds.